The van der Waals surface area contributed by atoms with Gasteiger partial charge in [-0.3, -0.25) is 4.84 Å². The van der Waals surface area contributed by atoms with Gasteiger partial charge in [0.15, 0.2) is 5.82 Å². The van der Waals surface area contributed by atoms with Crippen molar-refractivity contribution >= 4 is 28.7 Å². The fourth-order valence-electron chi connectivity index (χ4n) is 4.00. The van der Waals surface area contributed by atoms with Crippen molar-refractivity contribution < 1.29 is 9.57 Å². The van der Waals surface area contributed by atoms with Gasteiger partial charge in [-0.15, -0.1) is 0 Å². The minimum absolute atomic E-state index is 0.103. The topological polar surface area (TPSA) is 92.0 Å². The summed E-state index contributed by atoms with van der Waals surface area (Å²) in [5.41, 5.74) is 9.91. The van der Waals surface area contributed by atoms with Crippen LogP contribution in [0.4, 0.5) is 28.7 Å². The van der Waals surface area contributed by atoms with Gasteiger partial charge in [0.25, 0.3) is 0 Å². The van der Waals surface area contributed by atoms with Crippen LogP contribution in [-0.4, -0.2) is 62.8 Å². The number of rotatable bonds is 9. The van der Waals surface area contributed by atoms with E-state index in [-0.39, 0.29) is 6.04 Å². The first-order valence-electron chi connectivity index (χ1n) is 11.4. The number of hydroxylamine groups is 1. The Kier molecular flexibility index (Phi) is 7.34. The van der Waals surface area contributed by atoms with Gasteiger partial charge in [-0.05, 0) is 25.7 Å². The summed E-state index contributed by atoms with van der Waals surface area (Å²) < 4.78 is 5.66. The molecule has 0 spiro atoms. The molecule has 180 valence electrons. The zero-order chi connectivity index (χ0) is 24.1. The van der Waals surface area contributed by atoms with Gasteiger partial charge < -0.3 is 25.6 Å². The summed E-state index contributed by atoms with van der Waals surface area (Å²) in [5, 5.41) is 5.19. The van der Waals surface area contributed by atoms with Crippen molar-refractivity contribution in [3.8, 4) is 5.75 Å². The van der Waals surface area contributed by atoms with Gasteiger partial charge in [0.05, 0.1) is 36.8 Å². The van der Waals surface area contributed by atoms with Crippen LogP contribution >= 0.6 is 0 Å². The van der Waals surface area contributed by atoms with E-state index in [0.717, 1.165) is 30.9 Å². The highest BCUT2D eigenvalue weighted by Crippen LogP contribution is 2.38. The van der Waals surface area contributed by atoms with Gasteiger partial charge in [-0.25, -0.2) is 15.0 Å². The highest BCUT2D eigenvalue weighted by molar-refractivity contribution is 5.79. The van der Waals surface area contributed by atoms with E-state index in [1.807, 2.05) is 48.5 Å². The van der Waals surface area contributed by atoms with Gasteiger partial charge in [0.2, 0.25) is 0 Å². The number of anilines is 5. The largest absolute Gasteiger partial charge is 0.494 e. The molecule has 1 atom stereocenters. The van der Waals surface area contributed by atoms with Gasteiger partial charge in [0.1, 0.15) is 17.9 Å². The molecular weight excluding hydrogens is 430 g/mol. The zero-order valence-electron chi connectivity index (χ0n) is 20.2. The molecule has 2 heterocycles. The molecule has 0 amide bonds. The quantitative estimate of drug-likeness (QED) is 0.461. The second kappa shape index (κ2) is 10.6. The second-order valence-electron chi connectivity index (χ2n) is 8.60. The van der Waals surface area contributed by atoms with Crippen LogP contribution in [-0.2, 0) is 4.84 Å². The summed E-state index contributed by atoms with van der Waals surface area (Å²) in [6.07, 6.45) is 2.42. The molecule has 3 aromatic rings. The smallest absolute Gasteiger partial charge is 0.158 e. The standard InChI is InChI=1S/C25H33N7O2/c1-30(2)11-12-31(3)22-15-23(33-4)20(14-19(22)26)29-24-16-25(28-17-27-24)32-21(10-13-34-32)18-8-6-5-7-9-18/h5-9,14-17,21H,10-13,26H2,1-4H3,(H,27,28,29)/t21-/m1/s1. The molecule has 1 aromatic heterocycles. The Balaban J connectivity index is 1.55. The molecular formula is C25H33N7O2. The van der Waals surface area contributed by atoms with Gasteiger partial charge in [-0.2, -0.15) is 0 Å². The molecule has 9 heteroatoms. The molecule has 0 bridgehead atoms. The van der Waals surface area contributed by atoms with Crippen LogP contribution in [0.3, 0.4) is 0 Å². The lowest BCUT2D eigenvalue weighted by Crippen LogP contribution is -2.29. The van der Waals surface area contributed by atoms with Crippen molar-refractivity contribution in [2.45, 2.75) is 12.5 Å². The molecule has 0 unspecified atom stereocenters. The van der Waals surface area contributed by atoms with Gasteiger partial charge in [-0.1, -0.05) is 30.3 Å². The number of aromatic nitrogens is 2. The Bertz CT molecular complexity index is 1090. The lowest BCUT2D eigenvalue weighted by atomic mass is 10.0. The van der Waals surface area contributed by atoms with E-state index in [0.29, 0.717) is 29.7 Å². The Morgan fingerprint density at radius 3 is 2.65 bits per heavy atom. The van der Waals surface area contributed by atoms with Gasteiger partial charge in [0, 0.05) is 38.7 Å². The molecule has 0 aliphatic carbocycles. The SMILES string of the molecule is COc1cc(N(C)CCN(C)C)c(N)cc1Nc1cc(N2OCC[C@@H]2c2ccccc2)ncn1. The molecule has 9 nitrogen and oxygen atoms in total. The van der Waals surface area contributed by atoms with E-state index in [2.05, 4.69) is 51.3 Å². The third-order valence-corrected chi connectivity index (χ3v) is 5.87. The lowest BCUT2D eigenvalue weighted by molar-refractivity contribution is 0.157. The molecule has 0 radical (unpaired) electrons. The van der Waals surface area contributed by atoms with E-state index in [1.54, 1.807) is 7.11 Å². The van der Waals surface area contributed by atoms with E-state index in [1.165, 1.54) is 11.9 Å². The first-order valence-corrected chi connectivity index (χ1v) is 11.4. The maximum absolute atomic E-state index is 6.41. The number of nitrogens with one attached hydrogen (secondary N) is 1. The van der Waals surface area contributed by atoms with Crippen LogP contribution in [0.5, 0.6) is 5.75 Å². The third kappa shape index (κ3) is 5.32. The van der Waals surface area contributed by atoms with Crippen molar-refractivity contribution in [3.05, 3.63) is 60.4 Å². The number of ether oxygens (including phenoxy) is 1. The van der Waals surface area contributed by atoms with Crippen molar-refractivity contribution in [1.29, 1.82) is 0 Å². The predicted molar refractivity (Wildman–Crippen MR) is 137 cm³/mol. The summed E-state index contributed by atoms with van der Waals surface area (Å²) in [6.45, 7) is 2.41. The molecule has 3 N–H and O–H groups in total. The highest BCUT2D eigenvalue weighted by atomic mass is 16.7. The Labute approximate surface area is 201 Å². The monoisotopic (exact) mass is 463 g/mol. The maximum atomic E-state index is 6.41. The van der Waals surface area contributed by atoms with Crippen LogP contribution in [0.25, 0.3) is 0 Å². The number of nitrogens with two attached hydrogens (primary N) is 1. The summed E-state index contributed by atoms with van der Waals surface area (Å²) >= 11 is 0. The summed E-state index contributed by atoms with van der Waals surface area (Å²) in [5.74, 6) is 2.00. The number of hydrogen-bond donors (Lipinski definition) is 2. The minimum Gasteiger partial charge on any atom is -0.494 e. The number of methoxy groups -OCH3 is 1. The molecule has 1 saturated heterocycles. The van der Waals surface area contributed by atoms with Crippen LogP contribution < -0.4 is 25.8 Å². The number of nitrogen functional groups attached to an aromatic ring is 1. The summed E-state index contributed by atoms with van der Waals surface area (Å²) in [4.78, 5) is 19.0. The van der Waals surface area contributed by atoms with E-state index in [9.17, 15) is 0 Å². The molecule has 1 aliphatic rings. The number of likely N-dealkylation sites (N-methyl/N-ethyl adjacent to an activating group) is 2. The van der Waals surface area contributed by atoms with E-state index < -0.39 is 0 Å². The predicted octanol–water partition coefficient (Wildman–Crippen LogP) is 3.69. The molecule has 34 heavy (non-hydrogen) atoms. The summed E-state index contributed by atoms with van der Waals surface area (Å²) in [7, 11) is 7.78. The number of nitrogens with zero attached hydrogens (tertiary/aromatic N) is 5. The van der Waals surface area contributed by atoms with Crippen LogP contribution in [0.2, 0.25) is 0 Å². The molecule has 1 fully saturated rings. The fourth-order valence-corrected chi connectivity index (χ4v) is 4.00. The highest BCUT2D eigenvalue weighted by Gasteiger charge is 2.29. The van der Waals surface area contributed by atoms with E-state index >= 15 is 0 Å². The van der Waals surface area contributed by atoms with Crippen LogP contribution in [0.15, 0.2) is 54.9 Å². The van der Waals surface area contributed by atoms with Crippen molar-refractivity contribution in [2.75, 3.05) is 69.0 Å². The van der Waals surface area contributed by atoms with E-state index in [4.69, 9.17) is 15.3 Å². The van der Waals surface area contributed by atoms with Crippen molar-refractivity contribution in [2.24, 2.45) is 0 Å². The first kappa shape index (κ1) is 23.6. The maximum Gasteiger partial charge on any atom is 0.158 e. The molecule has 2 aromatic carbocycles. The molecule has 1 aliphatic heterocycles. The number of benzene rings is 2. The first-order chi connectivity index (χ1) is 16.5. The Hall–Kier alpha value is -3.56. The Morgan fingerprint density at radius 1 is 1.12 bits per heavy atom. The van der Waals surface area contributed by atoms with Crippen LogP contribution in [0, 0.1) is 0 Å². The average molecular weight is 464 g/mol. The fraction of sp³-hybridized carbons (Fsp3) is 0.360. The third-order valence-electron chi connectivity index (χ3n) is 5.87. The van der Waals surface area contributed by atoms with Gasteiger partial charge >= 0.3 is 0 Å². The van der Waals surface area contributed by atoms with Crippen LogP contribution in [0.1, 0.15) is 18.0 Å². The number of hydrogen-bond acceptors (Lipinski definition) is 9. The Morgan fingerprint density at radius 2 is 1.91 bits per heavy atom. The molecule has 0 saturated carbocycles. The average Bonchev–Trinajstić information content (AvgIpc) is 3.33. The summed E-state index contributed by atoms with van der Waals surface area (Å²) in [6, 6.07) is 16.1. The minimum atomic E-state index is 0.103. The molecule has 4 rings (SSSR count). The van der Waals surface area contributed by atoms with Crippen molar-refractivity contribution in [1.82, 2.24) is 14.9 Å². The zero-order valence-corrected chi connectivity index (χ0v) is 20.2. The lowest BCUT2D eigenvalue weighted by Gasteiger charge is -2.25. The second-order valence-corrected chi connectivity index (χ2v) is 8.60. The van der Waals surface area contributed by atoms with Crippen molar-refractivity contribution in [3.63, 3.8) is 0 Å². The normalized spacial score (nSPS) is 15.6.